The summed E-state index contributed by atoms with van der Waals surface area (Å²) in [6.45, 7) is 8.22. The van der Waals surface area contributed by atoms with Crippen molar-refractivity contribution < 1.29 is 4.79 Å². The maximum atomic E-state index is 12.1. The van der Waals surface area contributed by atoms with Gasteiger partial charge in [-0.2, -0.15) is 0 Å². The van der Waals surface area contributed by atoms with Crippen LogP contribution in [0.1, 0.15) is 46.1 Å². The largest absolute Gasteiger partial charge is 0.374 e. The van der Waals surface area contributed by atoms with E-state index in [2.05, 4.69) is 37.5 Å². The maximum Gasteiger partial charge on any atom is 0.242 e. The molecule has 0 fully saturated rings. The van der Waals surface area contributed by atoms with Gasteiger partial charge in [-0.05, 0) is 37.8 Å². The highest BCUT2D eigenvalue weighted by molar-refractivity contribution is 5.84. The standard InChI is InChI=1S/C16H26N2O/c1-5-13-10-8-9-11-15(13)17-12(4)16(19)18-14(6-2)7-3/h8-12,14,17H,5-7H2,1-4H3,(H,18,19). The van der Waals surface area contributed by atoms with E-state index in [1.54, 1.807) is 0 Å². The minimum Gasteiger partial charge on any atom is -0.374 e. The van der Waals surface area contributed by atoms with Gasteiger partial charge in [0.15, 0.2) is 0 Å². The van der Waals surface area contributed by atoms with Crippen molar-refractivity contribution in [3.05, 3.63) is 29.8 Å². The molecule has 1 atom stereocenters. The predicted molar refractivity (Wildman–Crippen MR) is 81.4 cm³/mol. The van der Waals surface area contributed by atoms with Crippen LogP contribution in [0.3, 0.4) is 0 Å². The van der Waals surface area contributed by atoms with Gasteiger partial charge in [-0.3, -0.25) is 4.79 Å². The van der Waals surface area contributed by atoms with Crippen LogP contribution in [0.2, 0.25) is 0 Å². The third-order valence-corrected chi connectivity index (χ3v) is 3.50. The topological polar surface area (TPSA) is 41.1 Å². The highest BCUT2D eigenvalue weighted by atomic mass is 16.2. The van der Waals surface area contributed by atoms with E-state index in [4.69, 9.17) is 0 Å². The summed E-state index contributed by atoms with van der Waals surface area (Å²) in [5.41, 5.74) is 2.29. The van der Waals surface area contributed by atoms with Crippen LogP contribution >= 0.6 is 0 Å². The number of carbonyl (C=O) groups is 1. The Labute approximate surface area is 116 Å². The van der Waals surface area contributed by atoms with E-state index in [0.717, 1.165) is 24.9 Å². The van der Waals surface area contributed by atoms with Crippen LogP contribution in [0.15, 0.2) is 24.3 Å². The molecule has 0 aliphatic rings. The van der Waals surface area contributed by atoms with Crippen molar-refractivity contribution in [2.75, 3.05) is 5.32 Å². The van der Waals surface area contributed by atoms with Crippen molar-refractivity contribution >= 4 is 11.6 Å². The number of carbonyl (C=O) groups excluding carboxylic acids is 1. The smallest absolute Gasteiger partial charge is 0.242 e. The second kappa shape index (κ2) is 7.82. The molecule has 3 nitrogen and oxygen atoms in total. The molecule has 1 unspecified atom stereocenters. The van der Waals surface area contributed by atoms with E-state index in [1.807, 2.05) is 25.1 Å². The lowest BCUT2D eigenvalue weighted by Gasteiger charge is -2.21. The van der Waals surface area contributed by atoms with E-state index in [9.17, 15) is 4.79 Å². The van der Waals surface area contributed by atoms with Crippen molar-refractivity contribution in [2.45, 2.75) is 59.0 Å². The molecule has 1 rings (SSSR count). The van der Waals surface area contributed by atoms with E-state index in [0.29, 0.717) is 0 Å². The number of hydrogen-bond donors (Lipinski definition) is 2. The van der Waals surface area contributed by atoms with Crippen LogP contribution in [-0.4, -0.2) is 18.0 Å². The van der Waals surface area contributed by atoms with Gasteiger partial charge in [-0.25, -0.2) is 0 Å². The maximum absolute atomic E-state index is 12.1. The molecule has 19 heavy (non-hydrogen) atoms. The Balaban J connectivity index is 2.63. The molecule has 0 saturated heterocycles. The van der Waals surface area contributed by atoms with Crippen LogP contribution < -0.4 is 10.6 Å². The Morgan fingerprint density at radius 1 is 1.16 bits per heavy atom. The predicted octanol–water partition coefficient (Wildman–Crippen LogP) is 3.35. The third-order valence-electron chi connectivity index (χ3n) is 3.50. The number of nitrogens with one attached hydrogen (secondary N) is 2. The molecule has 1 aromatic carbocycles. The first-order chi connectivity index (χ1) is 9.12. The number of amides is 1. The lowest BCUT2D eigenvalue weighted by atomic mass is 10.1. The summed E-state index contributed by atoms with van der Waals surface area (Å²) in [7, 11) is 0. The normalized spacial score (nSPS) is 12.3. The average Bonchev–Trinajstić information content (AvgIpc) is 2.44. The molecule has 0 aliphatic heterocycles. The van der Waals surface area contributed by atoms with Gasteiger partial charge in [0.2, 0.25) is 5.91 Å². The molecule has 0 aromatic heterocycles. The first-order valence-corrected chi connectivity index (χ1v) is 7.27. The highest BCUT2D eigenvalue weighted by Gasteiger charge is 2.16. The molecule has 0 spiro atoms. The molecule has 0 aliphatic carbocycles. The van der Waals surface area contributed by atoms with Crippen LogP contribution in [0, 0.1) is 0 Å². The molecule has 1 amide bonds. The van der Waals surface area contributed by atoms with E-state index in [-0.39, 0.29) is 18.0 Å². The molecule has 2 N–H and O–H groups in total. The zero-order valence-electron chi connectivity index (χ0n) is 12.5. The summed E-state index contributed by atoms with van der Waals surface area (Å²) in [6, 6.07) is 8.20. The molecule has 106 valence electrons. The molecular weight excluding hydrogens is 236 g/mol. The zero-order chi connectivity index (χ0) is 14.3. The van der Waals surface area contributed by atoms with Gasteiger partial charge in [0.25, 0.3) is 0 Å². The molecule has 0 radical (unpaired) electrons. The fraction of sp³-hybridized carbons (Fsp3) is 0.562. The third kappa shape index (κ3) is 4.58. The first kappa shape index (κ1) is 15.5. The summed E-state index contributed by atoms with van der Waals surface area (Å²) in [4.78, 5) is 12.1. The zero-order valence-corrected chi connectivity index (χ0v) is 12.5. The van der Waals surface area contributed by atoms with Crippen LogP contribution in [0.25, 0.3) is 0 Å². The molecule has 0 saturated carbocycles. The highest BCUT2D eigenvalue weighted by Crippen LogP contribution is 2.16. The second-order valence-corrected chi connectivity index (χ2v) is 4.90. The van der Waals surface area contributed by atoms with Crippen molar-refractivity contribution in [1.29, 1.82) is 0 Å². The second-order valence-electron chi connectivity index (χ2n) is 4.90. The van der Waals surface area contributed by atoms with E-state index >= 15 is 0 Å². The fourth-order valence-corrected chi connectivity index (χ4v) is 2.09. The van der Waals surface area contributed by atoms with E-state index in [1.165, 1.54) is 5.56 Å². The lowest BCUT2D eigenvalue weighted by Crippen LogP contribution is -2.42. The van der Waals surface area contributed by atoms with Gasteiger partial charge in [0.05, 0.1) is 0 Å². The summed E-state index contributed by atoms with van der Waals surface area (Å²) in [6.07, 6.45) is 2.91. The molecule has 0 heterocycles. The Kier molecular flexibility index (Phi) is 6.40. The Morgan fingerprint density at radius 2 is 1.79 bits per heavy atom. The number of hydrogen-bond acceptors (Lipinski definition) is 2. The van der Waals surface area contributed by atoms with Crippen LogP contribution in [-0.2, 0) is 11.2 Å². The Hall–Kier alpha value is -1.51. The number of aryl methyl sites for hydroxylation is 1. The molecular formula is C16H26N2O. The van der Waals surface area contributed by atoms with Gasteiger partial charge in [-0.1, -0.05) is 39.0 Å². The number of rotatable bonds is 7. The number of benzene rings is 1. The quantitative estimate of drug-likeness (QED) is 0.791. The SMILES string of the molecule is CCc1ccccc1NC(C)C(=O)NC(CC)CC. The van der Waals surface area contributed by atoms with Crippen LogP contribution in [0.5, 0.6) is 0 Å². The fourth-order valence-electron chi connectivity index (χ4n) is 2.09. The number of para-hydroxylation sites is 1. The summed E-state index contributed by atoms with van der Waals surface area (Å²) < 4.78 is 0. The minimum atomic E-state index is -0.215. The molecule has 0 bridgehead atoms. The van der Waals surface area contributed by atoms with Gasteiger partial charge in [0, 0.05) is 11.7 Å². The van der Waals surface area contributed by atoms with Crippen molar-refractivity contribution in [3.8, 4) is 0 Å². The van der Waals surface area contributed by atoms with E-state index < -0.39 is 0 Å². The van der Waals surface area contributed by atoms with Gasteiger partial charge in [-0.15, -0.1) is 0 Å². The van der Waals surface area contributed by atoms with Crippen LogP contribution in [0.4, 0.5) is 5.69 Å². The van der Waals surface area contributed by atoms with Crippen molar-refractivity contribution in [2.24, 2.45) is 0 Å². The van der Waals surface area contributed by atoms with Gasteiger partial charge in [0.1, 0.15) is 6.04 Å². The minimum absolute atomic E-state index is 0.0691. The Bertz CT molecular complexity index is 399. The monoisotopic (exact) mass is 262 g/mol. The summed E-state index contributed by atoms with van der Waals surface area (Å²) in [5.74, 6) is 0.0691. The van der Waals surface area contributed by atoms with Crippen molar-refractivity contribution in [3.63, 3.8) is 0 Å². The summed E-state index contributed by atoms with van der Waals surface area (Å²) in [5, 5.41) is 6.38. The number of anilines is 1. The van der Waals surface area contributed by atoms with Crippen molar-refractivity contribution in [1.82, 2.24) is 5.32 Å². The first-order valence-electron chi connectivity index (χ1n) is 7.27. The average molecular weight is 262 g/mol. The lowest BCUT2D eigenvalue weighted by molar-refractivity contribution is -0.122. The van der Waals surface area contributed by atoms with Gasteiger partial charge < -0.3 is 10.6 Å². The Morgan fingerprint density at radius 3 is 2.37 bits per heavy atom. The summed E-state index contributed by atoms with van der Waals surface area (Å²) >= 11 is 0. The van der Waals surface area contributed by atoms with Gasteiger partial charge >= 0.3 is 0 Å². The molecule has 1 aromatic rings. The molecule has 3 heteroatoms.